The first kappa shape index (κ1) is 35.0. The van der Waals surface area contributed by atoms with Crippen molar-refractivity contribution < 1.29 is 36.2 Å². The molecule has 1 aromatic heterocycles. The lowest BCUT2D eigenvalue weighted by Gasteiger charge is -2.30. The molecule has 7 nitrogen and oxygen atoms in total. The lowest BCUT2D eigenvalue weighted by Crippen LogP contribution is -2.44. The van der Waals surface area contributed by atoms with Gasteiger partial charge in [-0.05, 0) is 92.7 Å². The Bertz CT molecular complexity index is 1970. The molecule has 2 aliphatic heterocycles. The number of halogens is 3. The van der Waals surface area contributed by atoms with Gasteiger partial charge >= 0.3 is 6.18 Å². The van der Waals surface area contributed by atoms with Crippen molar-refractivity contribution in [2.75, 3.05) is 18.0 Å². The minimum atomic E-state index is -4.54. The Morgan fingerprint density at radius 1 is 1.10 bits per heavy atom. The number of hydrogen-bond donors (Lipinski definition) is 1. The largest absolute Gasteiger partial charge is 0.493 e. The molecule has 0 radical (unpaired) electrons. The van der Waals surface area contributed by atoms with Crippen LogP contribution in [0.3, 0.4) is 0 Å². The third-order valence-corrected chi connectivity index (χ3v) is 12.8. The van der Waals surface area contributed by atoms with Crippen molar-refractivity contribution >= 4 is 32.4 Å². The fourth-order valence-corrected chi connectivity index (χ4v) is 8.97. The molecule has 49 heavy (non-hydrogen) atoms. The smallest absolute Gasteiger partial charge is 0.419 e. The summed E-state index contributed by atoms with van der Waals surface area (Å²) in [5, 5.41) is 12.5. The van der Waals surface area contributed by atoms with Crippen molar-refractivity contribution in [3.8, 4) is 5.75 Å². The molecule has 11 heteroatoms. The number of anilines is 1. The van der Waals surface area contributed by atoms with Gasteiger partial charge in [-0.1, -0.05) is 49.4 Å². The Hall–Kier alpha value is -3.83. The van der Waals surface area contributed by atoms with Crippen molar-refractivity contribution in [1.29, 1.82) is 0 Å². The third kappa shape index (κ3) is 6.59. The quantitative estimate of drug-likeness (QED) is 0.170. The van der Waals surface area contributed by atoms with E-state index >= 15 is 0 Å². The molecule has 6 rings (SSSR count). The average molecular weight is 697 g/mol. The fourth-order valence-electron chi connectivity index (χ4n) is 7.53. The second-order valence-electron chi connectivity index (χ2n) is 14.0. The number of para-hydroxylation sites is 1. The molecule has 0 bridgehead atoms. The van der Waals surface area contributed by atoms with Gasteiger partial charge in [-0.25, -0.2) is 8.42 Å². The van der Waals surface area contributed by atoms with Gasteiger partial charge in [0, 0.05) is 37.2 Å². The van der Waals surface area contributed by atoms with Gasteiger partial charge in [0.25, 0.3) is 0 Å². The molecule has 1 N–H and O–H groups in total. The van der Waals surface area contributed by atoms with E-state index in [0.29, 0.717) is 42.5 Å². The summed E-state index contributed by atoms with van der Waals surface area (Å²) in [6.45, 7) is 5.87. The third-order valence-electron chi connectivity index (χ3n) is 10.3. The number of fused-ring (bicyclic) bond motifs is 1. The highest BCUT2D eigenvalue weighted by Crippen LogP contribution is 2.45. The summed E-state index contributed by atoms with van der Waals surface area (Å²) in [5.74, 6) is -1.07. The molecule has 0 spiro atoms. The van der Waals surface area contributed by atoms with Crippen molar-refractivity contribution in [2.45, 2.75) is 88.8 Å². The number of carbonyl (C=O) groups is 1. The maximum Gasteiger partial charge on any atom is 0.419 e. The first-order valence-electron chi connectivity index (χ1n) is 16.8. The highest BCUT2D eigenvalue weighted by atomic mass is 32.2. The number of sulfonamides is 1. The van der Waals surface area contributed by atoms with Crippen LogP contribution < -0.4 is 9.04 Å². The Balaban J connectivity index is 1.29. The van der Waals surface area contributed by atoms with Crippen LogP contribution in [0.15, 0.2) is 66.9 Å². The van der Waals surface area contributed by atoms with Crippen LogP contribution in [0.5, 0.6) is 5.75 Å². The van der Waals surface area contributed by atoms with Gasteiger partial charge in [-0.15, -0.1) is 0 Å². The second-order valence-corrected chi connectivity index (χ2v) is 16.6. The van der Waals surface area contributed by atoms with Crippen LogP contribution in [0.1, 0.15) is 85.0 Å². The van der Waals surface area contributed by atoms with Crippen LogP contribution in [-0.4, -0.2) is 48.4 Å². The predicted molar refractivity (Wildman–Crippen MR) is 185 cm³/mol. The fraction of sp³-hybridized carbons (Fsp3) is 0.447. The lowest BCUT2D eigenvalue weighted by atomic mass is 9.82. The Morgan fingerprint density at radius 3 is 2.53 bits per heavy atom. The Morgan fingerprint density at radius 2 is 1.84 bits per heavy atom. The summed E-state index contributed by atoms with van der Waals surface area (Å²) in [7, 11) is -2.23. The van der Waals surface area contributed by atoms with Gasteiger partial charge in [0.05, 0.1) is 29.5 Å². The van der Waals surface area contributed by atoms with E-state index in [2.05, 4.69) is 0 Å². The summed E-state index contributed by atoms with van der Waals surface area (Å²) in [5.41, 5.74) is 3.26. The number of ketones is 1. The number of Topliss-reactive ketones (excluding diaryl/α,β-unsaturated/α-hetero) is 1. The maximum absolute atomic E-state index is 14.2. The predicted octanol–water partition coefficient (Wildman–Crippen LogP) is 7.92. The van der Waals surface area contributed by atoms with E-state index in [-0.39, 0.29) is 43.4 Å². The lowest BCUT2D eigenvalue weighted by molar-refractivity contribution is -0.139. The molecule has 0 unspecified atom stereocenters. The molecule has 0 fully saturated rings. The minimum absolute atomic E-state index is 0.00766. The molecular formula is C38H43F3N2O5S. The number of ether oxygens (including phenoxy) is 1. The molecule has 3 heterocycles. The van der Waals surface area contributed by atoms with Gasteiger partial charge in [0.15, 0.2) is 5.78 Å². The number of aliphatic hydroxyl groups is 1. The molecule has 0 amide bonds. The van der Waals surface area contributed by atoms with Gasteiger partial charge in [0.2, 0.25) is 10.0 Å². The Labute approximate surface area is 285 Å². The minimum Gasteiger partial charge on any atom is -0.493 e. The SMILES string of the molecule is CCc1cn2c3c(cc(C(=O)C[C@@H](Cc4ccccc4)[C@H](O)CC[C@H]4CCOc5c4cccc5C(F)(F)F)cc13)N(C)S(=O)(=O)C(C)(C)C2. The number of aryl methyl sites for hydroxylation is 1. The van der Waals surface area contributed by atoms with Crippen molar-refractivity contribution in [2.24, 2.45) is 5.92 Å². The summed E-state index contributed by atoms with van der Waals surface area (Å²) in [6, 6.07) is 17.1. The molecule has 2 aliphatic rings. The summed E-state index contributed by atoms with van der Waals surface area (Å²) < 4.78 is 76.1. The van der Waals surface area contributed by atoms with Crippen LogP contribution in [0.25, 0.3) is 10.9 Å². The summed E-state index contributed by atoms with van der Waals surface area (Å²) >= 11 is 0. The molecule has 4 aromatic rings. The number of benzene rings is 3. The van der Waals surface area contributed by atoms with E-state index in [1.165, 1.54) is 17.4 Å². The zero-order chi connectivity index (χ0) is 35.3. The monoisotopic (exact) mass is 696 g/mol. The molecule has 262 valence electrons. The van der Waals surface area contributed by atoms with Crippen LogP contribution in [-0.2, 0) is 35.6 Å². The van der Waals surface area contributed by atoms with E-state index in [0.717, 1.165) is 28.1 Å². The van der Waals surface area contributed by atoms with E-state index in [9.17, 15) is 31.5 Å². The van der Waals surface area contributed by atoms with Gasteiger partial charge in [-0.2, -0.15) is 13.2 Å². The highest BCUT2D eigenvalue weighted by molar-refractivity contribution is 7.94. The normalized spacial score (nSPS) is 19.5. The number of aromatic nitrogens is 1. The molecule has 0 saturated carbocycles. The number of rotatable bonds is 10. The van der Waals surface area contributed by atoms with Crippen molar-refractivity contribution in [3.05, 3.63) is 94.7 Å². The maximum atomic E-state index is 14.2. The van der Waals surface area contributed by atoms with Crippen LogP contribution in [0, 0.1) is 5.92 Å². The summed E-state index contributed by atoms with van der Waals surface area (Å²) in [4.78, 5) is 14.2. The van der Waals surface area contributed by atoms with Gasteiger partial charge < -0.3 is 14.4 Å². The number of hydrogen-bond acceptors (Lipinski definition) is 5. The topological polar surface area (TPSA) is 88.8 Å². The van der Waals surface area contributed by atoms with E-state index < -0.39 is 38.5 Å². The second kappa shape index (κ2) is 13.1. The van der Waals surface area contributed by atoms with Crippen molar-refractivity contribution in [3.63, 3.8) is 0 Å². The molecule has 0 saturated heterocycles. The van der Waals surface area contributed by atoms with Gasteiger partial charge in [0.1, 0.15) is 10.5 Å². The standard InChI is InChI=1S/C38H43F3N2O5S/c1-5-25-22-43-23-37(2,3)49(46,47)42(4)32-20-28(19-30(25)35(32)43)34(45)21-27(18-24-10-7-6-8-11-24)33(44)15-14-26-16-17-48-36-29(26)12-9-13-31(36)38(39,40)41/h6-13,19-20,22,26-27,33,44H,5,14-18,21,23H2,1-4H3/t26-,27+,33+/m0/s1. The molecular weight excluding hydrogens is 653 g/mol. The molecule has 3 atom stereocenters. The van der Waals surface area contributed by atoms with Crippen LogP contribution in [0.2, 0.25) is 0 Å². The van der Waals surface area contributed by atoms with Crippen LogP contribution >= 0.6 is 0 Å². The van der Waals surface area contributed by atoms with Crippen molar-refractivity contribution in [1.82, 2.24) is 4.57 Å². The number of aliphatic hydroxyl groups excluding tert-OH is 1. The van der Waals surface area contributed by atoms with Crippen LogP contribution in [0.4, 0.5) is 18.9 Å². The zero-order valence-electron chi connectivity index (χ0n) is 28.3. The highest BCUT2D eigenvalue weighted by Gasteiger charge is 2.42. The molecule has 3 aromatic carbocycles. The van der Waals surface area contributed by atoms with E-state index in [1.54, 1.807) is 26.0 Å². The number of alkyl halides is 3. The Kier molecular flexibility index (Phi) is 9.38. The van der Waals surface area contributed by atoms with E-state index in [1.807, 2.05) is 54.1 Å². The first-order chi connectivity index (χ1) is 23.1. The number of nitrogens with zero attached hydrogens (tertiary/aromatic N) is 2. The summed E-state index contributed by atoms with van der Waals surface area (Å²) in [6.07, 6.45) is -1.10. The average Bonchev–Trinajstić information content (AvgIpc) is 3.39. The number of carbonyl (C=O) groups excluding carboxylic acids is 1. The van der Waals surface area contributed by atoms with E-state index in [4.69, 9.17) is 4.74 Å². The first-order valence-corrected chi connectivity index (χ1v) is 18.3. The zero-order valence-corrected chi connectivity index (χ0v) is 29.1. The molecule has 0 aliphatic carbocycles. The van der Waals surface area contributed by atoms with Gasteiger partial charge in [-0.3, -0.25) is 9.10 Å².